The molecule has 6 heteroatoms. The second-order valence-corrected chi connectivity index (χ2v) is 6.48. The molecule has 2 N–H and O–H groups in total. The van der Waals surface area contributed by atoms with Gasteiger partial charge < -0.3 is 15.4 Å². The number of rotatable bonds is 8. The summed E-state index contributed by atoms with van der Waals surface area (Å²) in [5.74, 6) is 1.22. The molecule has 1 aromatic heterocycles. The van der Waals surface area contributed by atoms with E-state index in [0.717, 1.165) is 23.3 Å². The lowest BCUT2D eigenvalue weighted by atomic mass is 10.1. The maximum absolute atomic E-state index is 12.2. The van der Waals surface area contributed by atoms with Crippen LogP contribution in [0.3, 0.4) is 0 Å². The van der Waals surface area contributed by atoms with Crippen LogP contribution in [0.5, 0.6) is 5.75 Å². The molecule has 0 atom stereocenters. The molecule has 0 spiro atoms. The largest absolute Gasteiger partial charge is 0.497 e. The van der Waals surface area contributed by atoms with Crippen LogP contribution < -0.4 is 15.4 Å². The van der Waals surface area contributed by atoms with Gasteiger partial charge in [0.25, 0.3) is 5.91 Å². The van der Waals surface area contributed by atoms with Crippen LogP contribution in [0, 0.1) is 6.92 Å². The van der Waals surface area contributed by atoms with Gasteiger partial charge in [0.2, 0.25) is 0 Å². The summed E-state index contributed by atoms with van der Waals surface area (Å²) in [6.07, 6.45) is 3.80. The van der Waals surface area contributed by atoms with Crippen molar-refractivity contribution in [2.24, 2.45) is 0 Å². The standard InChI is InChI=1S/C22H24N4O2/c1-16-3-5-18(6-4-16)13-25-21-15-24-20(14-26-21)22(27)23-12-11-17-7-9-19(28-2)10-8-17/h3-10,14-15H,11-13H2,1-2H3,(H,23,27)(H,25,26). The molecule has 3 rings (SSSR count). The second-order valence-electron chi connectivity index (χ2n) is 6.48. The first kappa shape index (κ1) is 19.4. The Kier molecular flexibility index (Phi) is 6.57. The molecule has 3 aromatic rings. The minimum Gasteiger partial charge on any atom is -0.497 e. The molecule has 6 nitrogen and oxygen atoms in total. The molecule has 0 saturated heterocycles. The number of ether oxygens (including phenoxy) is 1. The van der Waals surface area contributed by atoms with Crippen LogP contribution in [-0.4, -0.2) is 29.5 Å². The van der Waals surface area contributed by atoms with Gasteiger partial charge in [-0.1, -0.05) is 42.0 Å². The summed E-state index contributed by atoms with van der Waals surface area (Å²) in [6, 6.07) is 16.1. The van der Waals surface area contributed by atoms with Gasteiger partial charge in [-0.15, -0.1) is 0 Å². The van der Waals surface area contributed by atoms with E-state index in [1.807, 2.05) is 24.3 Å². The number of hydrogen-bond donors (Lipinski definition) is 2. The average Bonchev–Trinajstić information content (AvgIpc) is 2.74. The third-order valence-corrected chi connectivity index (χ3v) is 4.34. The molecule has 0 saturated carbocycles. The molecule has 0 bridgehead atoms. The van der Waals surface area contributed by atoms with Crippen molar-refractivity contribution < 1.29 is 9.53 Å². The SMILES string of the molecule is COc1ccc(CCNC(=O)c2cnc(NCc3ccc(C)cc3)cn2)cc1. The van der Waals surface area contributed by atoms with Gasteiger partial charge in [-0.05, 0) is 36.6 Å². The number of aryl methyl sites for hydroxylation is 1. The maximum Gasteiger partial charge on any atom is 0.271 e. The summed E-state index contributed by atoms with van der Waals surface area (Å²) >= 11 is 0. The summed E-state index contributed by atoms with van der Waals surface area (Å²) in [6.45, 7) is 3.24. The van der Waals surface area contributed by atoms with E-state index in [0.29, 0.717) is 24.6 Å². The molecule has 0 radical (unpaired) electrons. The van der Waals surface area contributed by atoms with Gasteiger partial charge in [0.05, 0.1) is 19.5 Å². The Hall–Kier alpha value is -3.41. The molecule has 2 aromatic carbocycles. The Morgan fingerprint density at radius 3 is 2.32 bits per heavy atom. The predicted molar refractivity (Wildman–Crippen MR) is 110 cm³/mol. The lowest BCUT2D eigenvalue weighted by Crippen LogP contribution is -2.26. The second kappa shape index (κ2) is 9.50. The van der Waals surface area contributed by atoms with Crippen LogP contribution in [0.2, 0.25) is 0 Å². The van der Waals surface area contributed by atoms with E-state index < -0.39 is 0 Å². The zero-order valence-electron chi connectivity index (χ0n) is 16.1. The van der Waals surface area contributed by atoms with Crippen LogP contribution in [0.15, 0.2) is 60.9 Å². The minimum absolute atomic E-state index is 0.230. The van der Waals surface area contributed by atoms with Gasteiger partial charge >= 0.3 is 0 Å². The van der Waals surface area contributed by atoms with Gasteiger partial charge in [-0.2, -0.15) is 0 Å². The molecule has 1 amide bonds. The average molecular weight is 376 g/mol. The number of anilines is 1. The number of carbonyl (C=O) groups is 1. The van der Waals surface area contributed by atoms with Crippen LogP contribution in [0.4, 0.5) is 5.82 Å². The molecule has 0 aliphatic heterocycles. The van der Waals surface area contributed by atoms with Crippen LogP contribution >= 0.6 is 0 Å². The quantitative estimate of drug-likeness (QED) is 0.630. The number of benzene rings is 2. The fourth-order valence-electron chi connectivity index (χ4n) is 2.64. The van der Waals surface area contributed by atoms with Crippen LogP contribution in [-0.2, 0) is 13.0 Å². The van der Waals surface area contributed by atoms with Crippen molar-refractivity contribution in [2.45, 2.75) is 19.9 Å². The highest BCUT2D eigenvalue weighted by Gasteiger charge is 2.07. The summed E-state index contributed by atoms with van der Waals surface area (Å²) in [5, 5.41) is 6.07. The number of aromatic nitrogens is 2. The highest BCUT2D eigenvalue weighted by Crippen LogP contribution is 2.11. The fourth-order valence-corrected chi connectivity index (χ4v) is 2.64. The molecule has 1 heterocycles. The molecule has 28 heavy (non-hydrogen) atoms. The van der Waals surface area contributed by atoms with E-state index in [1.165, 1.54) is 11.8 Å². The van der Waals surface area contributed by atoms with E-state index in [9.17, 15) is 4.79 Å². The van der Waals surface area contributed by atoms with Gasteiger partial charge in [-0.25, -0.2) is 9.97 Å². The minimum atomic E-state index is -0.230. The summed E-state index contributed by atoms with van der Waals surface area (Å²) in [4.78, 5) is 20.7. The normalized spacial score (nSPS) is 10.4. The number of nitrogens with zero attached hydrogens (tertiary/aromatic N) is 2. The van der Waals surface area contributed by atoms with E-state index in [1.54, 1.807) is 13.3 Å². The molecular weight excluding hydrogens is 352 g/mol. The van der Waals surface area contributed by atoms with E-state index >= 15 is 0 Å². The van der Waals surface area contributed by atoms with E-state index in [2.05, 4.69) is 51.8 Å². The molecule has 0 aliphatic carbocycles. The molecule has 0 unspecified atom stereocenters. The van der Waals surface area contributed by atoms with E-state index in [-0.39, 0.29) is 5.91 Å². The lowest BCUT2D eigenvalue weighted by molar-refractivity contribution is 0.0949. The third kappa shape index (κ3) is 5.54. The Labute approximate surface area is 165 Å². The Balaban J connectivity index is 1.45. The van der Waals surface area contributed by atoms with Crippen molar-refractivity contribution in [3.63, 3.8) is 0 Å². The van der Waals surface area contributed by atoms with Crippen molar-refractivity contribution in [1.82, 2.24) is 15.3 Å². The fraction of sp³-hybridized carbons (Fsp3) is 0.227. The number of carbonyl (C=O) groups excluding carboxylic acids is 1. The smallest absolute Gasteiger partial charge is 0.271 e. The topological polar surface area (TPSA) is 76.1 Å². The Morgan fingerprint density at radius 1 is 0.964 bits per heavy atom. The zero-order chi connectivity index (χ0) is 19.8. The van der Waals surface area contributed by atoms with Crippen LogP contribution in [0.25, 0.3) is 0 Å². The molecular formula is C22H24N4O2. The Morgan fingerprint density at radius 2 is 1.68 bits per heavy atom. The number of methoxy groups -OCH3 is 1. The predicted octanol–water partition coefficient (Wildman–Crippen LogP) is 3.38. The third-order valence-electron chi connectivity index (χ3n) is 4.34. The zero-order valence-corrected chi connectivity index (χ0v) is 16.1. The number of nitrogens with one attached hydrogen (secondary N) is 2. The monoisotopic (exact) mass is 376 g/mol. The number of amides is 1. The first-order valence-corrected chi connectivity index (χ1v) is 9.16. The van der Waals surface area contributed by atoms with Crippen LogP contribution in [0.1, 0.15) is 27.2 Å². The van der Waals surface area contributed by atoms with Crippen molar-refractivity contribution in [1.29, 1.82) is 0 Å². The molecule has 0 aliphatic rings. The Bertz CT molecular complexity index is 891. The summed E-state index contributed by atoms with van der Waals surface area (Å²) < 4.78 is 5.14. The highest BCUT2D eigenvalue weighted by atomic mass is 16.5. The van der Waals surface area contributed by atoms with Crippen molar-refractivity contribution in [2.75, 3.05) is 19.0 Å². The van der Waals surface area contributed by atoms with Crippen molar-refractivity contribution >= 4 is 11.7 Å². The summed E-state index contributed by atoms with van der Waals surface area (Å²) in [5.41, 5.74) is 3.82. The van der Waals surface area contributed by atoms with Crippen molar-refractivity contribution in [3.05, 3.63) is 83.3 Å². The van der Waals surface area contributed by atoms with Gasteiger partial charge in [0.1, 0.15) is 17.3 Å². The van der Waals surface area contributed by atoms with E-state index in [4.69, 9.17) is 4.74 Å². The first-order chi connectivity index (χ1) is 13.6. The lowest BCUT2D eigenvalue weighted by Gasteiger charge is -2.08. The van der Waals surface area contributed by atoms with Crippen molar-refractivity contribution in [3.8, 4) is 5.75 Å². The maximum atomic E-state index is 12.2. The first-order valence-electron chi connectivity index (χ1n) is 9.16. The number of hydrogen-bond acceptors (Lipinski definition) is 5. The van der Waals surface area contributed by atoms with Gasteiger partial charge in [0, 0.05) is 13.1 Å². The van der Waals surface area contributed by atoms with Gasteiger partial charge in [0.15, 0.2) is 0 Å². The summed E-state index contributed by atoms with van der Waals surface area (Å²) in [7, 11) is 1.64. The molecule has 144 valence electrons. The highest BCUT2D eigenvalue weighted by molar-refractivity contribution is 5.91. The molecule has 0 fully saturated rings. The van der Waals surface area contributed by atoms with Gasteiger partial charge in [-0.3, -0.25) is 4.79 Å².